The van der Waals surface area contributed by atoms with Crippen molar-refractivity contribution in [3.05, 3.63) is 28.9 Å². The van der Waals surface area contributed by atoms with Crippen molar-refractivity contribution in [3.63, 3.8) is 0 Å². The molecule has 2 aliphatic carbocycles. The van der Waals surface area contributed by atoms with Crippen LogP contribution in [-0.2, 0) is 9.53 Å². The van der Waals surface area contributed by atoms with E-state index in [0.717, 1.165) is 87.0 Å². The number of methoxy groups -OCH3 is 1. The highest BCUT2D eigenvalue weighted by Crippen LogP contribution is 2.34. The van der Waals surface area contributed by atoms with Gasteiger partial charge in [0, 0.05) is 42.0 Å². The molecule has 0 radical (unpaired) electrons. The van der Waals surface area contributed by atoms with Crippen LogP contribution in [0.3, 0.4) is 0 Å². The summed E-state index contributed by atoms with van der Waals surface area (Å²) in [6.45, 7) is 3.45. The Morgan fingerprint density at radius 2 is 1.78 bits per heavy atom. The molecule has 2 aromatic rings. The Bertz CT molecular complexity index is 987. The number of fused-ring (bicyclic) bond motifs is 1. The van der Waals surface area contributed by atoms with E-state index in [2.05, 4.69) is 15.4 Å². The lowest BCUT2D eigenvalue weighted by Gasteiger charge is -2.34. The van der Waals surface area contributed by atoms with Crippen molar-refractivity contribution in [2.24, 2.45) is 11.8 Å². The first-order chi connectivity index (χ1) is 17.6. The molecule has 1 aliphatic heterocycles. The zero-order valence-corrected chi connectivity index (χ0v) is 22.5. The summed E-state index contributed by atoms with van der Waals surface area (Å²) in [5.74, 6) is 2.07. The lowest BCUT2D eigenvalue weighted by molar-refractivity contribution is -0.123. The summed E-state index contributed by atoms with van der Waals surface area (Å²) in [4.78, 5) is 15.2. The molecule has 198 valence electrons. The van der Waals surface area contributed by atoms with Crippen LogP contribution in [0.15, 0.2) is 22.7 Å². The Morgan fingerprint density at radius 3 is 2.50 bits per heavy atom. The van der Waals surface area contributed by atoms with Gasteiger partial charge < -0.3 is 19.5 Å². The number of rotatable bonds is 8. The molecule has 7 heteroatoms. The quantitative estimate of drug-likeness (QED) is 0.445. The number of likely N-dealkylation sites (tertiary alicyclic amines) is 1. The number of carbonyl (C=O) groups excluding carboxylic acids is 1. The van der Waals surface area contributed by atoms with Gasteiger partial charge in [0.2, 0.25) is 5.91 Å². The molecular formula is C29H42ClN3O3. The standard InChI is InChI=1S/C29H42ClN3O3/c1-35-25-9-4-21(5-10-25)18-28(34)31-24-7-2-20(3-8-24)12-15-33-16-13-22(14-17-33)29-26-11-6-23(30)19-27(26)36-32-29/h6,11,19-22,24-25H,2-5,7-10,12-18H2,1H3,(H,31,34)/t20-,21-,24-,25-. The van der Waals surface area contributed by atoms with Crippen LogP contribution < -0.4 is 5.32 Å². The molecule has 36 heavy (non-hydrogen) atoms. The van der Waals surface area contributed by atoms with Crippen LogP contribution in [0.1, 0.15) is 88.7 Å². The predicted molar refractivity (Wildman–Crippen MR) is 143 cm³/mol. The van der Waals surface area contributed by atoms with Crippen molar-refractivity contribution in [1.29, 1.82) is 0 Å². The first-order valence-corrected chi connectivity index (χ1v) is 14.5. The molecule has 1 aromatic carbocycles. The molecule has 6 nitrogen and oxygen atoms in total. The lowest BCUT2D eigenvalue weighted by Crippen LogP contribution is -2.39. The first-order valence-electron chi connectivity index (χ1n) is 14.2. The van der Waals surface area contributed by atoms with E-state index in [1.807, 2.05) is 18.2 Å². The molecule has 3 fully saturated rings. The van der Waals surface area contributed by atoms with E-state index in [-0.39, 0.29) is 5.91 Å². The summed E-state index contributed by atoms with van der Waals surface area (Å²) in [6, 6.07) is 6.21. The lowest BCUT2D eigenvalue weighted by atomic mass is 9.83. The molecule has 1 aromatic heterocycles. The molecule has 5 rings (SSSR count). The highest BCUT2D eigenvalue weighted by atomic mass is 35.5. The van der Waals surface area contributed by atoms with Crippen LogP contribution in [0.5, 0.6) is 0 Å². The van der Waals surface area contributed by atoms with Crippen LogP contribution in [0, 0.1) is 11.8 Å². The maximum absolute atomic E-state index is 12.6. The summed E-state index contributed by atoms with van der Waals surface area (Å²) in [6.07, 6.45) is 13.9. The van der Waals surface area contributed by atoms with E-state index in [4.69, 9.17) is 20.9 Å². The van der Waals surface area contributed by atoms with Gasteiger partial charge in [-0.15, -0.1) is 0 Å². The normalized spacial score (nSPS) is 28.4. The number of carbonyl (C=O) groups is 1. The molecule has 0 atom stereocenters. The minimum absolute atomic E-state index is 0.269. The second-order valence-corrected chi connectivity index (χ2v) is 11.9. The first kappa shape index (κ1) is 26.0. The summed E-state index contributed by atoms with van der Waals surface area (Å²) in [5.41, 5.74) is 1.89. The predicted octanol–water partition coefficient (Wildman–Crippen LogP) is 6.32. The zero-order chi connectivity index (χ0) is 24.9. The molecule has 0 spiro atoms. The Balaban J connectivity index is 0.973. The molecule has 1 N–H and O–H groups in total. The number of piperidine rings is 1. The number of hydrogen-bond donors (Lipinski definition) is 1. The molecule has 3 aliphatic rings. The SMILES string of the molecule is CO[C@H]1CC[C@H](CC(=O)N[C@H]2CC[C@H](CCN3CCC(c4noc5cc(Cl)ccc45)CC3)CC2)CC1. The van der Waals surface area contributed by atoms with Crippen LogP contribution in [0.25, 0.3) is 11.0 Å². The number of aromatic nitrogens is 1. The Kier molecular flexibility index (Phi) is 8.86. The van der Waals surface area contributed by atoms with E-state index in [1.165, 1.54) is 25.8 Å². The van der Waals surface area contributed by atoms with E-state index in [9.17, 15) is 4.79 Å². The molecule has 2 heterocycles. The number of halogens is 1. The van der Waals surface area contributed by atoms with Crippen LogP contribution in [0.2, 0.25) is 5.02 Å². The van der Waals surface area contributed by atoms with Crippen LogP contribution in [-0.4, -0.2) is 54.9 Å². The topological polar surface area (TPSA) is 67.6 Å². The van der Waals surface area contributed by atoms with E-state index >= 15 is 0 Å². The van der Waals surface area contributed by atoms with Gasteiger partial charge in [-0.05, 0) is 114 Å². The molecule has 2 saturated carbocycles. The van der Waals surface area contributed by atoms with Gasteiger partial charge in [0.25, 0.3) is 0 Å². The molecule has 0 unspecified atom stereocenters. The largest absolute Gasteiger partial charge is 0.381 e. The second-order valence-electron chi connectivity index (χ2n) is 11.5. The Labute approximate surface area is 220 Å². The van der Waals surface area contributed by atoms with Crippen molar-refractivity contribution < 1.29 is 14.1 Å². The number of nitrogens with one attached hydrogen (secondary N) is 1. The fourth-order valence-electron chi connectivity index (χ4n) is 6.74. The molecular weight excluding hydrogens is 474 g/mol. The number of nitrogens with zero attached hydrogens (tertiary/aromatic N) is 2. The molecule has 1 saturated heterocycles. The van der Waals surface area contributed by atoms with Gasteiger partial charge in [-0.2, -0.15) is 0 Å². The van der Waals surface area contributed by atoms with Gasteiger partial charge >= 0.3 is 0 Å². The maximum Gasteiger partial charge on any atom is 0.220 e. The summed E-state index contributed by atoms with van der Waals surface area (Å²) in [7, 11) is 1.80. The number of benzene rings is 1. The van der Waals surface area contributed by atoms with Crippen LogP contribution >= 0.6 is 11.6 Å². The van der Waals surface area contributed by atoms with E-state index in [1.54, 1.807) is 7.11 Å². The van der Waals surface area contributed by atoms with E-state index in [0.29, 0.717) is 35.4 Å². The Hall–Kier alpha value is -1.63. The average molecular weight is 516 g/mol. The third kappa shape index (κ3) is 6.62. The van der Waals surface area contributed by atoms with Crippen molar-refractivity contribution in [3.8, 4) is 0 Å². The van der Waals surface area contributed by atoms with Crippen molar-refractivity contribution in [1.82, 2.24) is 15.4 Å². The second kappa shape index (κ2) is 12.3. The maximum atomic E-state index is 12.6. The van der Waals surface area contributed by atoms with E-state index < -0.39 is 0 Å². The zero-order valence-electron chi connectivity index (χ0n) is 21.7. The van der Waals surface area contributed by atoms with Gasteiger partial charge in [-0.1, -0.05) is 16.8 Å². The summed E-state index contributed by atoms with van der Waals surface area (Å²) < 4.78 is 11.0. The van der Waals surface area contributed by atoms with Crippen molar-refractivity contribution in [2.45, 2.75) is 95.1 Å². The Morgan fingerprint density at radius 1 is 1.06 bits per heavy atom. The highest BCUT2D eigenvalue weighted by molar-refractivity contribution is 6.31. The molecule has 1 amide bonds. The summed E-state index contributed by atoms with van der Waals surface area (Å²) >= 11 is 6.09. The third-order valence-corrected chi connectivity index (χ3v) is 9.34. The van der Waals surface area contributed by atoms with Gasteiger partial charge in [0.05, 0.1) is 11.8 Å². The van der Waals surface area contributed by atoms with Crippen molar-refractivity contribution in [2.75, 3.05) is 26.7 Å². The third-order valence-electron chi connectivity index (χ3n) is 9.10. The minimum atomic E-state index is 0.269. The van der Waals surface area contributed by atoms with Crippen molar-refractivity contribution >= 4 is 28.5 Å². The molecule has 0 bridgehead atoms. The highest BCUT2D eigenvalue weighted by Gasteiger charge is 2.28. The minimum Gasteiger partial charge on any atom is -0.381 e. The summed E-state index contributed by atoms with van der Waals surface area (Å²) in [5, 5.41) is 9.54. The van der Waals surface area contributed by atoms with Gasteiger partial charge in [-0.3, -0.25) is 4.79 Å². The van der Waals surface area contributed by atoms with Crippen LogP contribution in [0.4, 0.5) is 0 Å². The van der Waals surface area contributed by atoms with Gasteiger partial charge in [0.15, 0.2) is 5.58 Å². The number of hydrogen-bond acceptors (Lipinski definition) is 5. The number of amides is 1. The number of ether oxygens (including phenoxy) is 1. The fourth-order valence-corrected chi connectivity index (χ4v) is 6.90. The monoisotopic (exact) mass is 515 g/mol. The smallest absolute Gasteiger partial charge is 0.220 e. The van der Waals surface area contributed by atoms with Gasteiger partial charge in [0.1, 0.15) is 0 Å². The van der Waals surface area contributed by atoms with Gasteiger partial charge in [-0.25, -0.2) is 0 Å². The average Bonchev–Trinajstić information content (AvgIpc) is 3.32. The fraction of sp³-hybridized carbons (Fsp3) is 0.724.